The summed E-state index contributed by atoms with van der Waals surface area (Å²) in [6.07, 6.45) is 9.37. The van der Waals surface area contributed by atoms with Crippen LogP contribution in [0.4, 0.5) is 4.39 Å². The maximum absolute atomic E-state index is 13.8. The minimum absolute atomic E-state index is 0.0627. The van der Waals surface area contributed by atoms with E-state index in [4.69, 9.17) is 4.99 Å². The molecule has 3 rings (SSSR count). The Morgan fingerprint density at radius 3 is 2.85 bits per heavy atom. The van der Waals surface area contributed by atoms with Gasteiger partial charge in [-0.05, 0) is 37.8 Å². The molecule has 104 valence electrons. The zero-order valence-corrected chi connectivity index (χ0v) is 13.0. The molecule has 0 saturated carbocycles. The number of aliphatic imine (C=N–C) groups is 1. The second-order valence-corrected chi connectivity index (χ2v) is 7.44. The van der Waals surface area contributed by atoms with Crippen LogP contribution in [0.5, 0.6) is 0 Å². The van der Waals surface area contributed by atoms with E-state index in [0.29, 0.717) is 5.56 Å². The number of rotatable bonds is 2. The van der Waals surface area contributed by atoms with Crippen LogP contribution in [0.15, 0.2) is 53.1 Å². The van der Waals surface area contributed by atoms with Gasteiger partial charge in [0.05, 0.1) is 6.04 Å². The maximum atomic E-state index is 13.8. The van der Waals surface area contributed by atoms with Crippen LogP contribution in [-0.4, -0.2) is 16.1 Å². The van der Waals surface area contributed by atoms with E-state index in [2.05, 4.69) is 41.1 Å². The zero-order valence-electron chi connectivity index (χ0n) is 11.4. The monoisotopic (exact) mass is 333 g/mol. The van der Waals surface area contributed by atoms with E-state index in [0.717, 1.165) is 25.0 Å². The van der Waals surface area contributed by atoms with Crippen molar-refractivity contribution in [1.29, 1.82) is 0 Å². The smallest absolute Gasteiger partial charge is 0.132 e. The van der Waals surface area contributed by atoms with E-state index in [1.54, 1.807) is 6.07 Å². The summed E-state index contributed by atoms with van der Waals surface area (Å²) in [6.45, 7) is 2.15. The Kier molecular flexibility index (Phi) is 3.63. The highest BCUT2D eigenvalue weighted by atomic mass is 79.9. The first-order valence-electron chi connectivity index (χ1n) is 6.95. The third kappa shape index (κ3) is 2.78. The highest BCUT2D eigenvalue weighted by Gasteiger charge is 2.25. The largest absolute Gasteiger partial charge is 0.281 e. The molecule has 0 radical (unpaired) electrons. The van der Waals surface area contributed by atoms with E-state index in [9.17, 15) is 4.39 Å². The number of nitrogens with zero attached hydrogens (tertiary/aromatic N) is 1. The number of alkyl halides is 1. The number of hydrogen-bond donors (Lipinski definition) is 0. The van der Waals surface area contributed by atoms with Gasteiger partial charge in [-0.25, -0.2) is 4.39 Å². The fraction of sp³-hybridized carbons (Fsp3) is 0.353. The van der Waals surface area contributed by atoms with Gasteiger partial charge in [0.15, 0.2) is 0 Å². The van der Waals surface area contributed by atoms with Crippen molar-refractivity contribution in [3.05, 3.63) is 59.4 Å². The third-order valence-electron chi connectivity index (χ3n) is 3.90. The Balaban J connectivity index is 1.81. The number of hydrogen-bond acceptors (Lipinski definition) is 1. The minimum atomic E-state index is -0.173. The van der Waals surface area contributed by atoms with Crippen molar-refractivity contribution >= 4 is 21.6 Å². The Bertz CT molecular complexity index is 613. The van der Waals surface area contributed by atoms with Gasteiger partial charge in [0.1, 0.15) is 5.82 Å². The Hall–Kier alpha value is -1.22. The first kappa shape index (κ1) is 13.7. The van der Waals surface area contributed by atoms with Gasteiger partial charge in [0.2, 0.25) is 0 Å². The molecular formula is C17H17BrFN. The van der Waals surface area contributed by atoms with Crippen molar-refractivity contribution in [2.45, 2.75) is 36.6 Å². The second kappa shape index (κ2) is 5.28. The van der Waals surface area contributed by atoms with Crippen molar-refractivity contribution in [3.8, 4) is 0 Å². The van der Waals surface area contributed by atoms with Crippen LogP contribution in [0, 0.1) is 5.82 Å². The molecule has 20 heavy (non-hydrogen) atoms. The van der Waals surface area contributed by atoms with Crippen LogP contribution in [-0.2, 0) is 0 Å². The fourth-order valence-electron chi connectivity index (χ4n) is 2.70. The molecule has 2 atom stereocenters. The quantitative estimate of drug-likeness (QED) is 0.688. The predicted molar refractivity (Wildman–Crippen MR) is 85.1 cm³/mol. The van der Waals surface area contributed by atoms with E-state index in [1.165, 1.54) is 11.6 Å². The molecule has 0 saturated heterocycles. The van der Waals surface area contributed by atoms with Crippen LogP contribution in [0.2, 0.25) is 0 Å². The molecule has 0 amide bonds. The lowest BCUT2D eigenvalue weighted by molar-refractivity contribution is 0.625. The average molecular weight is 334 g/mol. The molecule has 1 nitrogen and oxygen atoms in total. The summed E-state index contributed by atoms with van der Waals surface area (Å²) in [5.41, 5.74) is 2.81. The highest BCUT2D eigenvalue weighted by Crippen LogP contribution is 2.33. The normalized spacial score (nSPS) is 29.2. The van der Waals surface area contributed by atoms with Crippen LogP contribution in [0.1, 0.15) is 31.7 Å². The first-order valence-corrected chi connectivity index (χ1v) is 7.74. The van der Waals surface area contributed by atoms with Crippen LogP contribution < -0.4 is 0 Å². The molecule has 0 fully saturated rings. The van der Waals surface area contributed by atoms with Gasteiger partial charge in [-0.2, -0.15) is 0 Å². The molecule has 1 aromatic carbocycles. The molecule has 0 aromatic heterocycles. The fourth-order valence-corrected chi connectivity index (χ4v) is 3.00. The van der Waals surface area contributed by atoms with Crippen LogP contribution >= 0.6 is 15.9 Å². The SMILES string of the molecule is CC1(Br)C=CC(C2CCC(c3ccccc3F)=N2)=CC1. The molecule has 1 heterocycles. The van der Waals surface area contributed by atoms with Crippen molar-refractivity contribution < 1.29 is 4.39 Å². The summed E-state index contributed by atoms with van der Waals surface area (Å²) in [5.74, 6) is -0.173. The molecule has 1 aromatic rings. The molecule has 0 spiro atoms. The molecule has 0 N–H and O–H groups in total. The lowest BCUT2D eigenvalue weighted by atomic mass is 9.93. The number of allylic oxidation sites excluding steroid dienone is 2. The molecule has 1 aliphatic carbocycles. The summed E-state index contributed by atoms with van der Waals surface area (Å²) < 4.78 is 13.9. The molecular weight excluding hydrogens is 317 g/mol. The third-order valence-corrected chi connectivity index (χ3v) is 4.48. The topological polar surface area (TPSA) is 12.4 Å². The van der Waals surface area contributed by atoms with Crippen molar-refractivity contribution in [3.63, 3.8) is 0 Å². The summed E-state index contributed by atoms with van der Waals surface area (Å²) >= 11 is 3.67. The standard InChI is InChI=1S/C17H17BrFN/c1-17(18)10-8-12(9-11-17)15-6-7-16(20-15)13-4-2-3-5-14(13)19/h2-5,8-10,15H,6-7,11H2,1H3. The minimum Gasteiger partial charge on any atom is -0.281 e. The van der Waals surface area contributed by atoms with Gasteiger partial charge < -0.3 is 0 Å². The summed E-state index contributed by atoms with van der Waals surface area (Å²) in [4.78, 5) is 4.73. The Morgan fingerprint density at radius 1 is 1.35 bits per heavy atom. The van der Waals surface area contributed by atoms with Gasteiger partial charge in [-0.15, -0.1) is 0 Å². The average Bonchev–Trinajstić information content (AvgIpc) is 2.88. The lowest BCUT2D eigenvalue weighted by Gasteiger charge is -2.22. The molecule has 3 heteroatoms. The van der Waals surface area contributed by atoms with E-state index >= 15 is 0 Å². The number of benzene rings is 1. The summed E-state index contributed by atoms with van der Waals surface area (Å²) in [7, 11) is 0. The van der Waals surface area contributed by atoms with Gasteiger partial charge in [-0.3, -0.25) is 4.99 Å². The highest BCUT2D eigenvalue weighted by molar-refractivity contribution is 9.10. The zero-order chi connectivity index (χ0) is 14.2. The van der Waals surface area contributed by atoms with Crippen molar-refractivity contribution in [2.75, 3.05) is 0 Å². The van der Waals surface area contributed by atoms with Gasteiger partial charge in [0, 0.05) is 15.6 Å². The van der Waals surface area contributed by atoms with Crippen LogP contribution in [0.3, 0.4) is 0 Å². The Morgan fingerprint density at radius 2 is 2.15 bits per heavy atom. The Labute approximate surface area is 127 Å². The molecule has 1 aliphatic heterocycles. The second-order valence-electron chi connectivity index (χ2n) is 5.63. The van der Waals surface area contributed by atoms with Gasteiger partial charge in [-0.1, -0.05) is 52.4 Å². The summed E-state index contributed by atoms with van der Waals surface area (Å²) in [6, 6.07) is 7.09. The van der Waals surface area contributed by atoms with Crippen molar-refractivity contribution in [2.24, 2.45) is 4.99 Å². The molecule has 0 bridgehead atoms. The number of halogens is 2. The van der Waals surface area contributed by atoms with Crippen LogP contribution in [0.25, 0.3) is 0 Å². The van der Waals surface area contributed by atoms with Crippen molar-refractivity contribution in [1.82, 2.24) is 0 Å². The molecule has 2 unspecified atom stereocenters. The lowest BCUT2D eigenvalue weighted by Crippen LogP contribution is -2.16. The molecule has 2 aliphatic rings. The van der Waals surface area contributed by atoms with E-state index < -0.39 is 0 Å². The summed E-state index contributed by atoms with van der Waals surface area (Å²) in [5, 5.41) is 0. The van der Waals surface area contributed by atoms with Gasteiger partial charge >= 0.3 is 0 Å². The first-order chi connectivity index (χ1) is 9.55. The van der Waals surface area contributed by atoms with Gasteiger partial charge in [0.25, 0.3) is 0 Å². The predicted octanol–water partition coefficient (Wildman–Crippen LogP) is 4.82. The van der Waals surface area contributed by atoms with E-state index in [-0.39, 0.29) is 16.2 Å². The van der Waals surface area contributed by atoms with E-state index in [1.807, 2.05) is 12.1 Å². The maximum Gasteiger partial charge on any atom is 0.132 e.